The standard InChI is InChI=1S/C22H17NO2S/c1-15(13-17-5-4-12-25-17)8-10-20(24)16-9-11-22-19(14-16)23-18-6-2-3-7-21(18)26-22/h2-14,23H,1H3/b10-8+,15-13+. The molecule has 3 nitrogen and oxygen atoms in total. The maximum Gasteiger partial charge on any atom is 0.185 e. The van der Waals surface area contributed by atoms with Gasteiger partial charge in [0.05, 0.1) is 17.6 Å². The van der Waals surface area contributed by atoms with E-state index in [-0.39, 0.29) is 5.78 Å². The Bertz CT molecular complexity index is 1020. The summed E-state index contributed by atoms with van der Waals surface area (Å²) >= 11 is 1.71. The summed E-state index contributed by atoms with van der Waals surface area (Å²) in [6.45, 7) is 1.94. The van der Waals surface area contributed by atoms with Crippen molar-refractivity contribution in [2.45, 2.75) is 16.7 Å². The van der Waals surface area contributed by atoms with Crippen molar-refractivity contribution in [3.05, 3.63) is 89.9 Å². The van der Waals surface area contributed by atoms with E-state index in [1.54, 1.807) is 24.1 Å². The van der Waals surface area contributed by atoms with Crippen molar-refractivity contribution in [3.8, 4) is 0 Å². The van der Waals surface area contributed by atoms with Crippen molar-refractivity contribution in [3.63, 3.8) is 0 Å². The van der Waals surface area contributed by atoms with Gasteiger partial charge in [0.15, 0.2) is 5.78 Å². The molecule has 0 saturated heterocycles. The van der Waals surface area contributed by atoms with Crippen LogP contribution in [0.4, 0.5) is 11.4 Å². The summed E-state index contributed by atoms with van der Waals surface area (Å²) in [6.07, 6.45) is 6.93. The number of hydrogen-bond acceptors (Lipinski definition) is 4. The van der Waals surface area contributed by atoms with E-state index in [1.807, 2.05) is 67.6 Å². The lowest BCUT2D eigenvalue weighted by Crippen LogP contribution is -2.02. The molecule has 4 heteroatoms. The number of nitrogens with one attached hydrogen (secondary N) is 1. The summed E-state index contributed by atoms with van der Waals surface area (Å²) in [5.41, 5.74) is 3.66. The molecule has 0 aliphatic carbocycles. The first-order chi connectivity index (χ1) is 12.7. The molecule has 4 rings (SSSR count). The molecule has 2 aromatic carbocycles. The van der Waals surface area contributed by atoms with Gasteiger partial charge in [0.2, 0.25) is 0 Å². The number of rotatable bonds is 4. The third-order valence-electron chi connectivity index (χ3n) is 4.05. The monoisotopic (exact) mass is 359 g/mol. The van der Waals surface area contributed by atoms with Crippen LogP contribution in [0.3, 0.4) is 0 Å². The number of fused-ring (bicyclic) bond motifs is 2. The molecule has 128 valence electrons. The average molecular weight is 359 g/mol. The first-order valence-corrected chi connectivity index (χ1v) is 9.13. The highest BCUT2D eigenvalue weighted by atomic mass is 32.2. The molecule has 1 N–H and O–H groups in total. The fourth-order valence-corrected chi connectivity index (χ4v) is 3.71. The summed E-state index contributed by atoms with van der Waals surface area (Å²) in [7, 11) is 0. The van der Waals surface area contributed by atoms with Crippen LogP contribution >= 0.6 is 11.8 Å². The lowest BCUT2D eigenvalue weighted by Gasteiger charge is -2.20. The number of para-hydroxylation sites is 1. The predicted octanol–water partition coefficient (Wildman–Crippen LogP) is 6.33. The van der Waals surface area contributed by atoms with Crippen LogP contribution in [0.25, 0.3) is 6.08 Å². The third kappa shape index (κ3) is 3.51. The molecule has 0 fully saturated rings. The predicted molar refractivity (Wildman–Crippen MR) is 106 cm³/mol. The maximum absolute atomic E-state index is 12.5. The normalized spacial score (nSPS) is 13.2. The Labute approximate surface area is 156 Å². The SMILES string of the molecule is CC(/C=C/C(=O)c1ccc2c(c1)Nc1ccccc1S2)=C\c1ccco1. The zero-order valence-electron chi connectivity index (χ0n) is 14.2. The van der Waals surface area contributed by atoms with Gasteiger partial charge in [-0.05, 0) is 67.1 Å². The molecule has 0 saturated carbocycles. The van der Waals surface area contributed by atoms with E-state index in [1.165, 1.54) is 4.90 Å². The third-order valence-corrected chi connectivity index (χ3v) is 5.20. The summed E-state index contributed by atoms with van der Waals surface area (Å²) in [4.78, 5) is 14.8. The highest BCUT2D eigenvalue weighted by Gasteiger charge is 2.16. The molecule has 3 aromatic rings. The van der Waals surface area contributed by atoms with E-state index in [0.717, 1.165) is 27.6 Å². The number of anilines is 2. The molecular weight excluding hydrogens is 342 g/mol. The second kappa shape index (κ2) is 7.10. The minimum atomic E-state index is -0.0225. The van der Waals surface area contributed by atoms with Gasteiger partial charge in [-0.25, -0.2) is 0 Å². The highest BCUT2D eigenvalue weighted by molar-refractivity contribution is 7.99. The lowest BCUT2D eigenvalue weighted by atomic mass is 10.1. The van der Waals surface area contributed by atoms with Gasteiger partial charge >= 0.3 is 0 Å². The van der Waals surface area contributed by atoms with Gasteiger partial charge in [-0.15, -0.1) is 0 Å². The summed E-state index contributed by atoms with van der Waals surface area (Å²) in [5.74, 6) is 0.749. The Morgan fingerprint density at radius 3 is 2.69 bits per heavy atom. The Balaban J connectivity index is 1.52. The number of benzene rings is 2. The van der Waals surface area contributed by atoms with Gasteiger partial charge in [-0.3, -0.25) is 4.79 Å². The number of carbonyl (C=O) groups excluding carboxylic acids is 1. The van der Waals surface area contributed by atoms with Crippen LogP contribution in [0.15, 0.2) is 92.8 Å². The zero-order valence-corrected chi connectivity index (χ0v) is 15.0. The Hall–Kier alpha value is -2.98. The second-order valence-electron chi connectivity index (χ2n) is 6.04. The Morgan fingerprint density at radius 2 is 1.85 bits per heavy atom. The van der Waals surface area contributed by atoms with Crippen molar-refractivity contribution in [1.29, 1.82) is 0 Å². The molecule has 2 heterocycles. The van der Waals surface area contributed by atoms with Crippen LogP contribution in [-0.4, -0.2) is 5.78 Å². The number of carbonyl (C=O) groups is 1. The van der Waals surface area contributed by atoms with Gasteiger partial charge in [0.1, 0.15) is 5.76 Å². The van der Waals surface area contributed by atoms with Gasteiger partial charge in [0.25, 0.3) is 0 Å². The van der Waals surface area contributed by atoms with E-state index >= 15 is 0 Å². The molecule has 1 aliphatic rings. The quantitative estimate of drug-likeness (QED) is 0.263. The van der Waals surface area contributed by atoms with Crippen molar-refractivity contribution in [2.75, 3.05) is 5.32 Å². The van der Waals surface area contributed by atoms with E-state index in [2.05, 4.69) is 11.4 Å². The number of ketones is 1. The van der Waals surface area contributed by atoms with E-state index in [0.29, 0.717) is 5.56 Å². The van der Waals surface area contributed by atoms with Crippen molar-refractivity contribution >= 4 is 35.0 Å². The minimum absolute atomic E-state index is 0.0225. The number of allylic oxidation sites excluding steroid dienone is 3. The van der Waals surface area contributed by atoms with Gasteiger partial charge in [-0.1, -0.05) is 30.0 Å². The van der Waals surface area contributed by atoms with Crippen LogP contribution in [-0.2, 0) is 0 Å². The molecule has 0 unspecified atom stereocenters. The molecule has 0 atom stereocenters. The van der Waals surface area contributed by atoms with Gasteiger partial charge in [0, 0.05) is 15.4 Å². The second-order valence-corrected chi connectivity index (χ2v) is 7.12. The van der Waals surface area contributed by atoms with Crippen LogP contribution in [0.2, 0.25) is 0 Å². The zero-order chi connectivity index (χ0) is 17.9. The van der Waals surface area contributed by atoms with E-state index < -0.39 is 0 Å². The molecule has 26 heavy (non-hydrogen) atoms. The average Bonchev–Trinajstić information content (AvgIpc) is 3.17. The molecule has 0 bridgehead atoms. The van der Waals surface area contributed by atoms with Crippen LogP contribution < -0.4 is 5.32 Å². The van der Waals surface area contributed by atoms with Crippen LogP contribution in [0.5, 0.6) is 0 Å². The molecule has 0 amide bonds. The first-order valence-electron chi connectivity index (χ1n) is 8.31. The van der Waals surface area contributed by atoms with Crippen molar-refractivity contribution in [2.24, 2.45) is 0 Å². The largest absolute Gasteiger partial charge is 0.465 e. The summed E-state index contributed by atoms with van der Waals surface area (Å²) in [6, 6.07) is 17.7. The number of hydrogen-bond donors (Lipinski definition) is 1. The first kappa shape index (κ1) is 16.5. The van der Waals surface area contributed by atoms with Gasteiger partial charge < -0.3 is 9.73 Å². The highest BCUT2D eigenvalue weighted by Crippen LogP contribution is 2.44. The van der Waals surface area contributed by atoms with E-state index in [4.69, 9.17) is 4.42 Å². The topological polar surface area (TPSA) is 42.2 Å². The van der Waals surface area contributed by atoms with Gasteiger partial charge in [-0.2, -0.15) is 0 Å². The molecular formula is C22H17NO2S. The van der Waals surface area contributed by atoms with Crippen LogP contribution in [0.1, 0.15) is 23.0 Å². The summed E-state index contributed by atoms with van der Waals surface area (Å²) in [5, 5.41) is 3.41. The van der Waals surface area contributed by atoms with Crippen molar-refractivity contribution in [1.82, 2.24) is 0 Å². The van der Waals surface area contributed by atoms with Crippen LogP contribution in [0, 0.1) is 0 Å². The minimum Gasteiger partial charge on any atom is -0.465 e. The molecule has 0 spiro atoms. The smallest absolute Gasteiger partial charge is 0.185 e. The molecule has 1 aliphatic heterocycles. The fourth-order valence-electron chi connectivity index (χ4n) is 2.74. The molecule has 1 aromatic heterocycles. The number of furan rings is 1. The fraction of sp³-hybridized carbons (Fsp3) is 0.0455. The maximum atomic E-state index is 12.5. The van der Waals surface area contributed by atoms with Crippen molar-refractivity contribution < 1.29 is 9.21 Å². The molecule has 0 radical (unpaired) electrons. The Kier molecular flexibility index (Phi) is 4.50. The van der Waals surface area contributed by atoms with E-state index in [9.17, 15) is 4.79 Å². The Morgan fingerprint density at radius 1 is 1.00 bits per heavy atom. The summed E-state index contributed by atoms with van der Waals surface area (Å²) < 4.78 is 5.28. The lowest BCUT2D eigenvalue weighted by molar-refractivity contribution is 0.104.